The zero-order chi connectivity index (χ0) is 23.5. The van der Waals surface area contributed by atoms with Gasteiger partial charge in [-0.05, 0) is 54.7 Å². The summed E-state index contributed by atoms with van der Waals surface area (Å²) in [5.41, 5.74) is 0.393. The maximum Gasteiger partial charge on any atom is 0.338 e. The van der Waals surface area contributed by atoms with Crippen LogP contribution in [-0.2, 0) is 26.6 Å². The molecule has 0 aliphatic carbocycles. The van der Waals surface area contributed by atoms with Crippen molar-refractivity contribution < 1.29 is 27.5 Å². The van der Waals surface area contributed by atoms with E-state index in [1.165, 1.54) is 28.6 Å². The number of imide groups is 1. The fourth-order valence-electron chi connectivity index (χ4n) is 3.85. The van der Waals surface area contributed by atoms with E-state index in [2.05, 4.69) is 5.32 Å². The lowest BCUT2D eigenvalue weighted by molar-refractivity contribution is -0.123. The number of rotatable bonds is 6. The Morgan fingerprint density at radius 2 is 1.69 bits per heavy atom. The molecule has 1 aromatic heterocycles. The maximum absolute atomic E-state index is 12.9. The number of ether oxygens (including phenoxy) is 1. The average molecular weight is 462 g/mol. The van der Waals surface area contributed by atoms with Gasteiger partial charge in [-0.2, -0.15) is 4.31 Å². The number of hydrogen-bond donors (Lipinski definition) is 1. The normalized spacial score (nSPS) is 19.3. The molecule has 2 unspecified atom stereocenters. The molecule has 1 aliphatic heterocycles. The van der Waals surface area contributed by atoms with Crippen LogP contribution in [0.1, 0.15) is 41.1 Å². The highest BCUT2D eigenvalue weighted by Crippen LogP contribution is 2.26. The summed E-state index contributed by atoms with van der Waals surface area (Å²) in [7, 11) is -1.99. The molecule has 0 radical (unpaired) electrons. The summed E-state index contributed by atoms with van der Waals surface area (Å²) in [6.45, 7) is 4.35. The second-order valence-corrected chi connectivity index (χ2v) is 10.2. The number of nitrogens with zero attached hydrogens (tertiary/aromatic N) is 2. The second-order valence-electron chi connectivity index (χ2n) is 8.25. The first-order valence-electron chi connectivity index (χ1n) is 10.3. The molecule has 2 amide bonds. The van der Waals surface area contributed by atoms with Crippen LogP contribution in [-0.4, -0.2) is 54.8 Å². The van der Waals surface area contributed by atoms with Crippen molar-refractivity contribution in [2.24, 2.45) is 18.9 Å². The summed E-state index contributed by atoms with van der Waals surface area (Å²) in [4.78, 5) is 36.2. The molecule has 1 fully saturated rings. The van der Waals surface area contributed by atoms with Crippen LogP contribution in [0.15, 0.2) is 47.5 Å². The number of benzene rings is 1. The van der Waals surface area contributed by atoms with E-state index in [4.69, 9.17) is 4.74 Å². The molecule has 0 saturated carbocycles. The van der Waals surface area contributed by atoms with Crippen LogP contribution >= 0.6 is 0 Å². The molecule has 32 heavy (non-hydrogen) atoms. The molecule has 1 saturated heterocycles. The Morgan fingerprint density at radius 1 is 1.06 bits per heavy atom. The Bertz CT molecular complexity index is 1100. The fraction of sp³-hybridized carbons (Fsp3) is 0.409. The van der Waals surface area contributed by atoms with E-state index in [0.717, 1.165) is 6.42 Å². The summed E-state index contributed by atoms with van der Waals surface area (Å²) >= 11 is 0. The minimum Gasteiger partial charge on any atom is -0.452 e. The van der Waals surface area contributed by atoms with Gasteiger partial charge in [0.05, 0.1) is 10.5 Å². The number of carbonyl (C=O) groups is 3. The fourth-order valence-corrected chi connectivity index (χ4v) is 5.53. The highest BCUT2D eigenvalue weighted by molar-refractivity contribution is 7.89. The number of sulfonamides is 1. The van der Waals surface area contributed by atoms with E-state index in [9.17, 15) is 22.8 Å². The summed E-state index contributed by atoms with van der Waals surface area (Å²) < 4.78 is 33.8. The van der Waals surface area contributed by atoms with Crippen molar-refractivity contribution in [3.05, 3.63) is 53.9 Å². The van der Waals surface area contributed by atoms with Crippen molar-refractivity contribution in [1.29, 1.82) is 0 Å². The minimum absolute atomic E-state index is 0.0984. The standard InChI is InChI=1S/C22H27N3O6S/c1-15-11-16(2)13-25(12-15)32(29,30)18-8-6-17(7-9-18)22(28)31-14-20(26)23-21(27)19-5-4-10-24(19)3/h4-10,15-16H,11-14H2,1-3H3,(H,23,26,27). The van der Waals surface area contributed by atoms with Crippen molar-refractivity contribution in [1.82, 2.24) is 14.2 Å². The number of aryl methyl sites for hydroxylation is 1. The van der Waals surface area contributed by atoms with Crippen LogP contribution in [0.5, 0.6) is 0 Å². The number of nitrogens with one attached hydrogen (secondary N) is 1. The van der Waals surface area contributed by atoms with Gasteiger partial charge >= 0.3 is 5.97 Å². The van der Waals surface area contributed by atoms with Crippen molar-refractivity contribution in [3.8, 4) is 0 Å². The van der Waals surface area contributed by atoms with E-state index in [0.29, 0.717) is 18.8 Å². The molecule has 3 rings (SSSR count). The Morgan fingerprint density at radius 3 is 2.25 bits per heavy atom. The zero-order valence-electron chi connectivity index (χ0n) is 18.3. The predicted octanol–water partition coefficient (Wildman–Crippen LogP) is 1.81. The molecule has 2 heterocycles. The lowest BCUT2D eigenvalue weighted by Crippen LogP contribution is -2.42. The van der Waals surface area contributed by atoms with Gasteiger partial charge < -0.3 is 9.30 Å². The Kier molecular flexibility index (Phi) is 7.15. The second kappa shape index (κ2) is 9.66. The van der Waals surface area contributed by atoms with Gasteiger partial charge in [0, 0.05) is 26.3 Å². The molecule has 0 bridgehead atoms. The van der Waals surface area contributed by atoms with Crippen molar-refractivity contribution in [3.63, 3.8) is 0 Å². The van der Waals surface area contributed by atoms with Crippen LogP contribution in [0, 0.1) is 11.8 Å². The minimum atomic E-state index is -3.66. The Balaban J connectivity index is 1.57. The zero-order valence-corrected chi connectivity index (χ0v) is 19.1. The van der Waals surface area contributed by atoms with Gasteiger partial charge in [-0.15, -0.1) is 0 Å². The lowest BCUT2D eigenvalue weighted by atomic mass is 9.94. The first-order valence-corrected chi connectivity index (χ1v) is 11.7. The van der Waals surface area contributed by atoms with Gasteiger partial charge in [0.25, 0.3) is 11.8 Å². The van der Waals surface area contributed by atoms with Crippen LogP contribution < -0.4 is 5.32 Å². The smallest absolute Gasteiger partial charge is 0.338 e. The molecular formula is C22H27N3O6S. The molecule has 0 spiro atoms. The van der Waals surface area contributed by atoms with Crippen molar-refractivity contribution in [2.75, 3.05) is 19.7 Å². The van der Waals surface area contributed by atoms with Crippen LogP contribution in [0.4, 0.5) is 0 Å². The lowest BCUT2D eigenvalue weighted by Gasteiger charge is -2.34. The van der Waals surface area contributed by atoms with Crippen LogP contribution in [0.25, 0.3) is 0 Å². The van der Waals surface area contributed by atoms with Crippen LogP contribution in [0.3, 0.4) is 0 Å². The van der Waals surface area contributed by atoms with Gasteiger partial charge in [0.15, 0.2) is 6.61 Å². The Hall–Kier alpha value is -2.98. The van der Waals surface area contributed by atoms with Gasteiger partial charge in [-0.25, -0.2) is 13.2 Å². The van der Waals surface area contributed by atoms with E-state index in [1.807, 2.05) is 13.8 Å². The number of carbonyl (C=O) groups excluding carboxylic acids is 3. The SMILES string of the molecule is CC1CC(C)CN(S(=O)(=O)c2ccc(C(=O)OCC(=O)NC(=O)c3cccn3C)cc2)C1. The Labute approximate surface area is 187 Å². The summed E-state index contributed by atoms with van der Waals surface area (Å²) in [5, 5.41) is 2.14. The van der Waals surface area contributed by atoms with Gasteiger partial charge in [-0.3, -0.25) is 14.9 Å². The molecule has 172 valence electrons. The third-order valence-corrected chi connectivity index (χ3v) is 7.17. The molecule has 1 aliphatic rings. The third-order valence-electron chi connectivity index (χ3n) is 5.33. The number of amides is 2. The quantitative estimate of drug-likeness (QED) is 0.656. The van der Waals surface area contributed by atoms with Gasteiger partial charge in [0.2, 0.25) is 10.0 Å². The van der Waals surface area contributed by atoms with Gasteiger partial charge in [0.1, 0.15) is 5.69 Å². The monoisotopic (exact) mass is 461 g/mol. The number of aromatic nitrogens is 1. The number of esters is 1. The van der Waals surface area contributed by atoms with Crippen molar-refractivity contribution >= 4 is 27.8 Å². The molecule has 1 N–H and O–H groups in total. The predicted molar refractivity (Wildman–Crippen MR) is 116 cm³/mol. The van der Waals surface area contributed by atoms with Crippen molar-refractivity contribution in [2.45, 2.75) is 25.2 Å². The number of hydrogen-bond acceptors (Lipinski definition) is 6. The molecule has 2 atom stereocenters. The van der Waals surface area contributed by atoms with E-state index < -0.39 is 34.4 Å². The molecule has 10 heteroatoms. The van der Waals surface area contributed by atoms with Gasteiger partial charge in [-0.1, -0.05) is 13.8 Å². The first kappa shape index (κ1) is 23.7. The summed E-state index contributed by atoms with van der Waals surface area (Å²) in [5.74, 6) is -1.60. The van der Waals surface area contributed by atoms with E-state index >= 15 is 0 Å². The molecular weight excluding hydrogens is 434 g/mol. The third kappa shape index (κ3) is 5.43. The topological polar surface area (TPSA) is 115 Å². The molecule has 1 aromatic carbocycles. The van der Waals surface area contributed by atoms with Crippen LogP contribution in [0.2, 0.25) is 0 Å². The van der Waals surface area contributed by atoms with E-state index in [-0.39, 0.29) is 22.3 Å². The molecule has 2 aromatic rings. The average Bonchev–Trinajstić information content (AvgIpc) is 3.17. The maximum atomic E-state index is 12.9. The number of piperidine rings is 1. The summed E-state index contributed by atoms with van der Waals surface area (Å²) in [6, 6.07) is 8.62. The largest absolute Gasteiger partial charge is 0.452 e. The summed E-state index contributed by atoms with van der Waals surface area (Å²) in [6.07, 6.45) is 2.65. The highest BCUT2D eigenvalue weighted by atomic mass is 32.2. The highest BCUT2D eigenvalue weighted by Gasteiger charge is 2.31. The molecule has 9 nitrogen and oxygen atoms in total. The van der Waals surface area contributed by atoms with E-state index in [1.54, 1.807) is 29.9 Å². The first-order chi connectivity index (χ1) is 15.1.